The van der Waals surface area contributed by atoms with Gasteiger partial charge < -0.3 is 5.48 Å². The lowest BCUT2D eigenvalue weighted by atomic mass is 10.5. The van der Waals surface area contributed by atoms with Gasteiger partial charge in [-0.25, -0.2) is 0 Å². The fourth-order valence-electron chi connectivity index (χ4n) is 0.105. The molecule has 0 saturated heterocycles. The SMILES string of the molecule is CC=C(C)[N+](=O)[O-].O. The van der Waals surface area contributed by atoms with Crippen LogP contribution in [-0.4, -0.2) is 10.4 Å². The summed E-state index contributed by atoms with van der Waals surface area (Å²) in [4.78, 5) is 9.25. The van der Waals surface area contributed by atoms with Crippen LogP contribution in [0.4, 0.5) is 0 Å². The second-order valence-electron chi connectivity index (χ2n) is 1.19. The van der Waals surface area contributed by atoms with Crippen LogP contribution < -0.4 is 0 Å². The standard InChI is InChI=1S/C4H7NO2.H2O/c1-3-4(2)5(6)7;/h3H,1-2H3;1H2. The number of rotatable bonds is 1. The first-order valence-corrected chi connectivity index (χ1v) is 1.95. The molecule has 0 aromatic rings. The minimum Gasteiger partial charge on any atom is -0.412 e. The smallest absolute Gasteiger partial charge is 0.238 e. The van der Waals surface area contributed by atoms with Crippen LogP contribution in [0.3, 0.4) is 0 Å². The topological polar surface area (TPSA) is 74.6 Å². The zero-order valence-electron chi connectivity index (χ0n) is 4.84. The number of hydrogen-bond acceptors (Lipinski definition) is 2. The van der Waals surface area contributed by atoms with Gasteiger partial charge in [0.2, 0.25) is 5.70 Å². The molecule has 2 N–H and O–H groups in total. The second-order valence-corrected chi connectivity index (χ2v) is 1.19. The van der Waals surface area contributed by atoms with E-state index >= 15 is 0 Å². The predicted molar refractivity (Wildman–Crippen MR) is 30.0 cm³/mol. The van der Waals surface area contributed by atoms with Crippen LogP contribution in [0, 0.1) is 10.1 Å². The van der Waals surface area contributed by atoms with E-state index in [1.54, 1.807) is 6.92 Å². The van der Waals surface area contributed by atoms with Gasteiger partial charge in [0, 0.05) is 6.92 Å². The molecule has 0 rings (SSSR count). The van der Waals surface area contributed by atoms with Crippen molar-refractivity contribution in [1.29, 1.82) is 0 Å². The van der Waals surface area contributed by atoms with Crippen molar-refractivity contribution in [3.05, 3.63) is 21.9 Å². The molecule has 0 aliphatic carbocycles. The maximum Gasteiger partial charge on any atom is 0.238 e. The molecule has 0 amide bonds. The highest BCUT2D eigenvalue weighted by molar-refractivity contribution is 4.81. The van der Waals surface area contributed by atoms with Crippen molar-refractivity contribution in [1.82, 2.24) is 0 Å². The van der Waals surface area contributed by atoms with Crippen LogP contribution in [0.2, 0.25) is 0 Å². The largest absolute Gasteiger partial charge is 0.412 e. The number of nitro groups is 1. The quantitative estimate of drug-likeness (QED) is 0.369. The van der Waals surface area contributed by atoms with Crippen LogP contribution in [0.1, 0.15) is 13.8 Å². The number of allylic oxidation sites excluding steroid dienone is 2. The summed E-state index contributed by atoms with van der Waals surface area (Å²) in [6.07, 6.45) is 1.46. The molecule has 0 aliphatic rings. The number of nitrogens with zero attached hydrogens (tertiary/aromatic N) is 1. The first-order valence-electron chi connectivity index (χ1n) is 1.95. The summed E-state index contributed by atoms with van der Waals surface area (Å²) >= 11 is 0. The van der Waals surface area contributed by atoms with E-state index in [0.717, 1.165) is 0 Å². The molecule has 4 nitrogen and oxygen atoms in total. The van der Waals surface area contributed by atoms with Gasteiger partial charge in [-0.3, -0.25) is 10.1 Å². The van der Waals surface area contributed by atoms with Crippen LogP contribution in [0.5, 0.6) is 0 Å². The van der Waals surface area contributed by atoms with E-state index < -0.39 is 4.92 Å². The van der Waals surface area contributed by atoms with Gasteiger partial charge in [0.05, 0.1) is 4.92 Å². The lowest BCUT2D eigenvalue weighted by molar-refractivity contribution is -0.424. The highest BCUT2D eigenvalue weighted by Crippen LogP contribution is 1.88. The first kappa shape index (κ1) is 10.2. The molecule has 48 valence electrons. The third-order valence-corrected chi connectivity index (χ3v) is 0.706. The van der Waals surface area contributed by atoms with Crippen molar-refractivity contribution >= 4 is 0 Å². The molecule has 0 unspecified atom stereocenters. The van der Waals surface area contributed by atoms with Gasteiger partial charge in [-0.05, 0) is 13.0 Å². The Morgan fingerprint density at radius 3 is 2.12 bits per heavy atom. The molecular weight excluding hydrogens is 110 g/mol. The van der Waals surface area contributed by atoms with E-state index in [1.807, 2.05) is 0 Å². The van der Waals surface area contributed by atoms with Gasteiger partial charge in [-0.15, -0.1) is 0 Å². The third kappa shape index (κ3) is 3.30. The van der Waals surface area contributed by atoms with Crippen LogP contribution in [0.25, 0.3) is 0 Å². The Morgan fingerprint density at radius 2 is 2.12 bits per heavy atom. The van der Waals surface area contributed by atoms with Crippen LogP contribution in [-0.2, 0) is 0 Å². The molecule has 0 heterocycles. The van der Waals surface area contributed by atoms with Gasteiger partial charge in [0.25, 0.3) is 0 Å². The first-order chi connectivity index (χ1) is 3.18. The normalized spacial score (nSPS) is 10.0. The second kappa shape index (κ2) is 4.26. The minimum absolute atomic E-state index is 0. The van der Waals surface area contributed by atoms with E-state index in [9.17, 15) is 10.1 Å². The molecule has 0 aromatic heterocycles. The van der Waals surface area contributed by atoms with E-state index in [1.165, 1.54) is 13.0 Å². The van der Waals surface area contributed by atoms with Crippen molar-refractivity contribution in [2.45, 2.75) is 13.8 Å². The Hall–Kier alpha value is -0.900. The maximum atomic E-state index is 9.67. The highest BCUT2D eigenvalue weighted by Gasteiger charge is 1.94. The molecule has 0 radical (unpaired) electrons. The molecule has 0 fully saturated rings. The predicted octanol–water partition coefficient (Wildman–Crippen LogP) is 0.362. The van der Waals surface area contributed by atoms with Crippen molar-refractivity contribution < 1.29 is 10.4 Å². The summed E-state index contributed by atoms with van der Waals surface area (Å²) in [5.41, 5.74) is 0.194. The van der Waals surface area contributed by atoms with Crippen molar-refractivity contribution in [2.75, 3.05) is 0 Å². The van der Waals surface area contributed by atoms with Crippen molar-refractivity contribution in [3.8, 4) is 0 Å². The lowest BCUT2D eigenvalue weighted by Crippen LogP contribution is -1.91. The minimum atomic E-state index is -0.417. The molecule has 0 bridgehead atoms. The monoisotopic (exact) mass is 119 g/mol. The molecule has 0 aromatic carbocycles. The van der Waals surface area contributed by atoms with Gasteiger partial charge >= 0.3 is 0 Å². The Balaban J connectivity index is 0. The van der Waals surface area contributed by atoms with E-state index in [2.05, 4.69) is 0 Å². The van der Waals surface area contributed by atoms with Gasteiger partial charge in [-0.2, -0.15) is 0 Å². The Morgan fingerprint density at radius 1 is 1.75 bits per heavy atom. The van der Waals surface area contributed by atoms with Crippen LogP contribution in [0.15, 0.2) is 11.8 Å². The Labute approximate surface area is 47.3 Å². The summed E-state index contributed by atoms with van der Waals surface area (Å²) in [5, 5.41) is 9.67. The summed E-state index contributed by atoms with van der Waals surface area (Å²) in [6.45, 7) is 3.10. The fraction of sp³-hybridized carbons (Fsp3) is 0.500. The third-order valence-electron chi connectivity index (χ3n) is 0.706. The van der Waals surface area contributed by atoms with E-state index in [4.69, 9.17) is 0 Å². The molecule has 0 atom stereocenters. The highest BCUT2D eigenvalue weighted by atomic mass is 16.6. The van der Waals surface area contributed by atoms with E-state index in [0.29, 0.717) is 0 Å². The van der Waals surface area contributed by atoms with Crippen LogP contribution >= 0.6 is 0 Å². The van der Waals surface area contributed by atoms with E-state index in [-0.39, 0.29) is 11.2 Å². The maximum absolute atomic E-state index is 9.67. The Kier molecular flexibility index (Phi) is 5.41. The fourth-order valence-corrected chi connectivity index (χ4v) is 0.105. The average Bonchev–Trinajstić information content (AvgIpc) is 1.65. The molecular formula is C4H9NO3. The number of hydrogen-bond donors (Lipinski definition) is 0. The zero-order chi connectivity index (χ0) is 5.86. The molecule has 0 saturated carbocycles. The van der Waals surface area contributed by atoms with Gasteiger partial charge in [-0.1, -0.05) is 0 Å². The molecule has 0 aliphatic heterocycles. The van der Waals surface area contributed by atoms with Crippen molar-refractivity contribution in [3.63, 3.8) is 0 Å². The summed E-state index contributed by atoms with van der Waals surface area (Å²) in [6, 6.07) is 0. The molecule has 4 heteroatoms. The summed E-state index contributed by atoms with van der Waals surface area (Å²) < 4.78 is 0. The Bertz CT molecular complexity index is 108. The average molecular weight is 119 g/mol. The lowest BCUT2D eigenvalue weighted by Gasteiger charge is -1.81. The van der Waals surface area contributed by atoms with Gasteiger partial charge in [0.1, 0.15) is 0 Å². The summed E-state index contributed by atoms with van der Waals surface area (Å²) in [7, 11) is 0. The molecule has 8 heavy (non-hydrogen) atoms. The zero-order valence-corrected chi connectivity index (χ0v) is 4.84. The molecule has 0 spiro atoms. The summed E-state index contributed by atoms with van der Waals surface area (Å²) in [5.74, 6) is 0. The van der Waals surface area contributed by atoms with Crippen molar-refractivity contribution in [2.24, 2.45) is 0 Å². The van der Waals surface area contributed by atoms with Gasteiger partial charge in [0.15, 0.2) is 0 Å².